The Balaban J connectivity index is 2.24. The summed E-state index contributed by atoms with van der Waals surface area (Å²) in [6.45, 7) is 1.78. The van der Waals surface area contributed by atoms with E-state index in [1.807, 2.05) is 0 Å². The summed E-state index contributed by atoms with van der Waals surface area (Å²) in [7, 11) is 0. The molecule has 1 aliphatic rings. The van der Waals surface area contributed by atoms with Gasteiger partial charge in [0.25, 0.3) is 5.92 Å². The van der Waals surface area contributed by atoms with Gasteiger partial charge in [-0.25, -0.2) is 18.6 Å². The number of carbonyl (C=O) groups excluding carboxylic acids is 1. The molecule has 2 rings (SSSR count). The molecule has 104 valence electrons. The second-order valence-electron chi connectivity index (χ2n) is 4.25. The molecule has 0 saturated carbocycles. The van der Waals surface area contributed by atoms with E-state index in [9.17, 15) is 13.6 Å². The van der Waals surface area contributed by atoms with Crippen LogP contribution in [0.15, 0.2) is 16.6 Å². The summed E-state index contributed by atoms with van der Waals surface area (Å²) in [4.78, 5) is 17.3. The molecule has 2 heterocycles. The van der Waals surface area contributed by atoms with Gasteiger partial charge in [0, 0.05) is 13.0 Å². The Bertz CT molecular complexity index is 497. The van der Waals surface area contributed by atoms with Gasteiger partial charge in [-0.1, -0.05) is 0 Å². The minimum atomic E-state index is -2.70. The summed E-state index contributed by atoms with van der Waals surface area (Å²) in [5, 5.41) is 0. The van der Waals surface area contributed by atoms with Crippen molar-refractivity contribution in [2.75, 3.05) is 24.6 Å². The average molecular weight is 335 g/mol. The molecule has 0 N–H and O–H groups in total. The molecule has 7 heteroatoms. The van der Waals surface area contributed by atoms with Crippen molar-refractivity contribution in [3.8, 4) is 0 Å². The third kappa shape index (κ3) is 3.20. The number of anilines is 1. The van der Waals surface area contributed by atoms with Crippen molar-refractivity contribution in [1.82, 2.24) is 4.98 Å². The van der Waals surface area contributed by atoms with Crippen molar-refractivity contribution in [3.05, 3.63) is 22.3 Å². The van der Waals surface area contributed by atoms with Crippen LogP contribution in [0.3, 0.4) is 0 Å². The van der Waals surface area contributed by atoms with Crippen LogP contribution in [0.1, 0.15) is 23.8 Å². The molecule has 19 heavy (non-hydrogen) atoms. The van der Waals surface area contributed by atoms with Crippen LogP contribution in [0.2, 0.25) is 0 Å². The van der Waals surface area contributed by atoms with Crippen LogP contribution in [0, 0.1) is 0 Å². The van der Waals surface area contributed by atoms with E-state index in [2.05, 4.69) is 20.9 Å². The number of pyridine rings is 1. The maximum absolute atomic E-state index is 13.2. The first-order valence-corrected chi connectivity index (χ1v) is 6.69. The molecule has 0 unspecified atom stereocenters. The number of aromatic nitrogens is 1. The second-order valence-corrected chi connectivity index (χ2v) is 5.10. The van der Waals surface area contributed by atoms with Crippen LogP contribution >= 0.6 is 15.9 Å². The van der Waals surface area contributed by atoms with Gasteiger partial charge < -0.3 is 9.64 Å². The lowest BCUT2D eigenvalue weighted by Crippen LogP contribution is -2.26. The lowest BCUT2D eigenvalue weighted by molar-refractivity contribution is 0.0256. The van der Waals surface area contributed by atoms with Crippen molar-refractivity contribution < 1.29 is 18.3 Å². The molecule has 4 nitrogen and oxygen atoms in total. The van der Waals surface area contributed by atoms with Gasteiger partial charge in [-0.3, -0.25) is 0 Å². The molecule has 1 aromatic heterocycles. The summed E-state index contributed by atoms with van der Waals surface area (Å²) < 4.78 is 31.7. The van der Waals surface area contributed by atoms with E-state index in [1.165, 1.54) is 4.90 Å². The van der Waals surface area contributed by atoms with Crippen LogP contribution < -0.4 is 4.90 Å². The predicted molar refractivity (Wildman–Crippen MR) is 69.7 cm³/mol. The molecule has 0 atom stereocenters. The number of ether oxygens (including phenoxy) is 1. The molecule has 1 aromatic rings. The van der Waals surface area contributed by atoms with Gasteiger partial charge in [0.2, 0.25) is 0 Å². The van der Waals surface area contributed by atoms with E-state index < -0.39 is 11.9 Å². The molecule has 1 saturated heterocycles. The second kappa shape index (κ2) is 5.40. The van der Waals surface area contributed by atoms with E-state index >= 15 is 0 Å². The number of alkyl halides is 2. The Labute approximate surface area is 117 Å². The summed E-state index contributed by atoms with van der Waals surface area (Å²) >= 11 is 3.20. The highest BCUT2D eigenvalue weighted by atomic mass is 79.9. The van der Waals surface area contributed by atoms with Crippen molar-refractivity contribution in [3.63, 3.8) is 0 Å². The first kappa shape index (κ1) is 14.2. The first-order valence-electron chi connectivity index (χ1n) is 5.89. The predicted octanol–water partition coefficient (Wildman–Crippen LogP) is 2.87. The minimum Gasteiger partial charge on any atom is -0.461 e. The molecule has 0 radical (unpaired) electrons. The van der Waals surface area contributed by atoms with Crippen LogP contribution in [0.5, 0.6) is 0 Å². The van der Waals surface area contributed by atoms with E-state index in [-0.39, 0.29) is 31.8 Å². The normalized spacial score (nSPS) is 17.6. The highest BCUT2D eigenvalue weighted by Gasteiger charge is 2.38. The molecule has 0 aliphatic carbocycles. The Kier molecular flexibility index (Phi) is 4.03. The number of halogens is 3. The summed E-state index contributed by atoms with van der Waals surface area (Å²) in [6, 6.07) is 3.22. The largest absolute Gasteiger partial charge is 0.461 e. The first-order chi connectivity index (χ1) is 8.93. The number of esters is 1. The number of carbonyl (C=O) groups is 1. The highest BCUT2D eigenvalue weighted by Crippen LogP contribution is 2.31. The van der Waals surface area contributed by atoms with E-state index in [0.717, 1.165) is 0 Å². The fourth-order valence-corrected chi connectivity index (χ4v) is 2.26. The van der Waals surface area contributed by atoms with Crippen molar-refractivity contribution in [1.29, 1.82) is 0 Å². The third-order valence-corrected chi connectivity index (χ3v) is 3.43. The van der Waals surface area contributed by atoms with Gasteiger partial charge in [-0.05, 0) is 35.0 Å². The molecule has 0 aromatic carbocycles. The zero-order chi connectivity index (χ0) is 14.0. The number of rotatable bonds is 3. The van der Waals surface area contributed by atoms with Gasteiger partial charge in [-0.15, -0.1) is 0 Å². The van der Waals surface area contributed by atoms with E-state index in [4.69, 9.17) is 4.74 Å². The molecular formula is C12H13BrF2N2O2. The van der Waals surface area contributed by atoms with Gasteiger partial charge in [0.15, 0.2) is 5.69 Å². The van der Waals surface area contributed by atoms with E-state index in [1.54, 1.807) is 19.1 Å². The molecular weight excluding hydrogens is 322 g/mol. The summed E-state index contributed by atoms with van der Waals surface area (Å²) in [5.41, 5.74) is 0.106. The Hall–Kier alpha value is -1.24. The summed E-state index contributed by atoms with van der Waals surface area (Å²) in [6.07, 6.45) is -0.195. The number of hydrogen-bond acceptors (Lipinski definition) is 4. The minimum absolute atomic E-state index is 0.106. The van der Waals surface area contributed by atoms with Crippen molar-refractivity contribution >= 4 is 27.7 Å². The molecule has 0 amide bonds. The Morgan fingerprint density at radius 3 is 2.89 bits per heavy atom. The zero-order valence-corrected chi connectivity index (χ0v) is 11.9. The Morgan fingerprint density at radius 2 is 2.32 bits per heavy atom. The lowest BCUT2D eigenvalue weighted by Gasteiger charge is -2.17. The van der Waals surface area contributed by atoms with Gasteiger partial charge in [-0.2, -0.15) is 0 Å². The summed E-state index contributed by atoms with van der Waals surface area (Å²) in [5.74, 6) is -2.90. The fraction of sp³-hybridized carbons (Fsp3) is 0.500. The van der Waals surface area contributed by atoms with Crippen LogP contribution in [-0.2, 0) is 4.74 Å². The van der Waals surface area contributed by atoms with E-state index in [0.29, 0.717) is 10.3 Å². The highest BCUT2D eigenvalue weighted by molar-refractivity contribution is 9.10. The van der Waals surface area contributed by atoms with Crippen LogP contribution in [0.4, 0.5) is 14.6 Å². The van der Waals surface area contributed by atoms with Crippen molar-refractivity contribution in [2.24, 2.45) is 0 Å². The number of hydrogen-bond donors (Lipinski definition) is 0. The zero-order valence-electron chi connectivity index (χ0n) is 10.3. The smallest absolute Gasteiger partial charge is 0.358 e. The Morgan fingerprint density at radius 1 is 1.58 bits per heavy atom. The number of nitrogens with zero attached hydrogens (tertiary/aromatic N) is 2. The van der Waals surface area contributed by atoms with Gasteiger partial charge in [0.05, 0.1) is 17.6 Å². The van der Waals surface area contributed by atoms with Gasteiger partial charge >= 0.3 is 5.97 Å². The monoisotopic (exact) mass is 334 g/mol. The average Bonchev–Trinajstić information content (AvgIpc) is 2.70. The molecule has 1 aliphatic heterocycles. The molecule has 1 fully saturated rings. The maximum Gasteiger partial charge on any atom is 0.358 e. The molecule has 0 spiro atoms. The fourth-order valence-electron chi connectivity index (χ4n) is 1.88. The third-order valence-electron chi connectivity index (χ3n) is 2.79. The quantitative estimate of drug-likeness (QED) is 0.797. The van der Waals surface area contributed by atoms with Crippen LogP contribution in [0.25, 0.3) is 0 Å². The van der Waals surface area contributed by atoms with Gasteiger partial charge in [0.1, 0.15) is 5.82 Å². The maximum atomic E-state index is 13.2. The molecule has 0 bridgehead atoms. The standard InChI is InChI=1S/C12H13BrF2N2O2/c1-2-19-11(18)10-8(13)3-4-9(16-10)17-6-5-12(14,15)7-17/h3-4H,2,5-7H2,1H3. The lowest BCUT2D eigenvalue weighted by atomic mass is 10.3. The van der Waals surface area contributed by atoms with Crippen LogP contribution in [-0.4, -0.2) is 36.6 Å². The van der Waals surface area contributed by atoms with Crippen molar-refractivity contribution in [2.45, 2.75) is 19.3 Å². The SMILES string of the molecule is CCOC(=O)c1nc(N2CCC(F)(F)C2)ccc1Br. The topological polar surface area (TPSA) is 42.4 Å².